The lowest BCUT2D eigenvalue weighted by Gasteiger charge is -2.10. The Morgan fingerprint density at radius 3 is 3.05 bits per heavy atom. The number of aromatic nitrogens is 1. The number of anilines is 1. The standard InChI is InChI=1S/C14H21N3OS/c1-2-7-15-13-6-5-11(9-16-13)14(18)17-10-12-4-3-8-19-12/h5-6,9,12H,2-4,7-8,10H2,1H3,(H,15,16)(H,17,18). The average Bonchev–Trinajstić information content (AvgIpc) is 2.96. The van der Waals surface area contributed by atoms with Crippen LogP contribution in [0.4, 0.5) is 5.82 Å². The van der Waals surface area contributed by atoms with E-state index in [1.165, 1.54) is 18.6 Å². The van der Waals surface area contributed by atoms with Crippen LogP contribution in [-0.4, -0.2) is 35.0 Å². The van der Waals surface area contributed by atoms with Gasteiger partial charge in [0.2, 0.25) is 0 Å². The highest BCUT2D eigenvalue weighted by Gasteiger charge is 2.16. The average molecular weight is 279 g/mol. The van der Waals surface area contributed by atoms with Gasteiger partial charge in [-0.05, 0) is 37.1 Å². The first-order valence-electron chi connectivity index (χ1n) is 6.89. The summed E-state index contributed by atoms with van der Waals surface area (Å²) in [5.41, 5.74) is 0.630. The Morgan fingerprint density at radius 2 is 2.42 bits per heavy atom. The molecule has 0 spiro atoms. The summed E-state index contributed by atoms with van der Waals surface area (Å²) in [6.45, 7) is 3.77. The lowest BCUT2D eigenvalue weighted by molar-refractivity contribution is 0.0953. The van der Waals surface area contributed by atoms with Crippen LogP contribution in [0.3, 0.4) is 0 Å². The molecular weight excluding hydrogens is 258 g/mol. The number of nitrogens with one attached hydrogen (secondary N) is 2. The molecule has 0 aromatic carbocycles. The Morgan fingerprint density at radius 1 is 1.53 bits per heavy atom. The molecule has 2 N–H and O–H groups in total. The fraction of sp³-hybridized carbons (Fsp3) is 0.571. The van der Waals surface area contributed by atoms with Crippen LogP contribution in [0.2, 0.25) is 0 Å². The summed E-state index contributed by atoms with van der Waals surface area (Å²) in [5, 5.41) is 6.76. The van der Waals surface area contributed by atoms with Gasteiger partial charge in [-0.2, -0.15) is 11.8 Å². The zero-order valence-electron chi connectivity index (χ0n) is 11.3. The van der Waals surface area contributed by atoms with Crippen LogP contribution in [0.1, 0.15) is 36.5 Å². The number of nitrogens with zero attached hydrogens (tertiary/aromatic N) is 1. The summed E-state index contributed by atoms with van der Waals surface area (Å²) in [4.78, 5) is 16.2. The van der Waals surface area contributed by atoms with Gasteiger partial charge in [-0.1, -0.05) is 6.92 Å². The molecule has 4 nitrogen and oxygen atoms in total. The van der Waals surface area contributed by atoms with E-state index in [0.29, 0.717) is 10.8 Å². The van der Waals surface area contributed by atoms with Crippen LogP contribution < -0.4 is 10.6 Å². The molecule has 2 rings (SSSR count). The molecular formula is C14H21N3OS. The maximum atomic E-state index is 11.9. The molecule has 5 heteroatoms. The van der Waals surface area contributed by atoms with Gasteiger partial charge in [0, 0.05) is 24.5 Å². The van der Waals surface area contributed by atoms with Crippen molar-refractivity contribution in [2.45, 2.75) is 31.4 Å². The molecule has 104 valence electrons. The first kappa shape index (κ1) is 14.2. The monoisotopic (exact) mass is 279 g/mol. The zero-order valence-corrected chi connectivity index (χ0v) is 12.1. The lowest BCUT2D eigenvalue weighted by atomic mass is 10.2. The van der Waals surface area contributed by atoms with Crippen LogP contribution >= 0.6 is 11.8 Å². The lowest BCUT2D eigenvalue weighted by Crippen LogP contribution is -2.29. The van der Waals surface area contributed by atoms with Gasteiger partial charge in [-0.25, -0.2) is 4.98 Å². The minimum absolute atomic E-state index is 0.0259. The highest BCUT2D eigenvalue weighted by molar-refractivity contribution is 8.00. The second-order valence-corrected chi connectivity index (χ2v) is 6.11. The molecule has 1 aliphatic rings. The Kier molecular flexibility index (Phi) is 5.51. The molecule has 1 aromatic rings. The van der Waals surface area contributed by atoms with Crippen molar-refractivity contribution in [2.75, 3.05) is 24.2 Å². The molecule has 1 fully saturated rings. The van der Waals surface area contributed by atoms with Crippen LogP contribution in [0.5, 0.6) is 0 Å². The van der Waals surface area contributed by atoms with Crippen molar-refractivity contribution in [2.24, 2.45) is 0 Å². The Balaban J connectivity index is 1.81. The van der Waals surface area contributed by atoms with Crippen LogP contribution in [0, 0.1) is 0 Å². The van der Waals surface area contributed by atoms with E-state index in [-0.39, 0.29) is 5.91 Å². The quantitative estimate of drug-likeness (QED) is 0.840. The molecule has 0 radical (unpaired) electrons. The summed E-state index contributed by atoms with van der Waals surface area (Å²) in [6, 6.07) is 3.68. The highest BCUT2D eigenvalue weighted by Crippen LogP contribution is 2.25. The number of hydrogen-bond donors (Lipinski definition) is 2. The molecule has 19 heavy (non-hydrogen) atoms. The number of thioether (sulfide) groups is 1. The van der Waals surface area contributed by atoms with Crippen molar-refractivity contribution < 1.29 is 4.79 Å². The van der Waals surface area contributed by atoms with E-state index < -0.39 is 0 Å². The van der Waals surface area contributed by atoms with E-state index in [1.54, 1.807) is 6.20 Å². The van der Waals surface area contributed by atoms with Gasteiger partial charge in [0.25, 0.3) is 5.91 Å². The van der Waals surface area contributed by atoms with Gasteiger partial charge >= 0.3 is 0 Å². The number of carbonyl (C=O) groups is 1. The molecule has 1 aliphatic heterocycles. The first-order valence-corrected chi connectivity index (χ1v) is 7.94. The van der Waals surface area contributed by atoms with Crippen molar-refractivity contribution in [1.82, 2.24) is 10.3 Å². The molecule has 0 aliphatic carbocycles. The third kappa shape index (κ3) is 4.42. The molecule has 0 saturated carbocycles. The Bertz CT molecular complexity index is 402. The van der Waals surface area contributed by atoms with E-state index in [9.17, 15) is 4.79 Å². The SMILES string of the molecule is CCCNc1ccc(C(=O)NCC2CCCS2)cn1. The molecule has 1 saturated heterocycles. The molecule has 1 amide bonds. The zero-order chi connectivity index (χ0) is 13.5. The van der Waals surface area contributed by atoms with E-state index in [4.69, 9.17) is 0 Å². The second-order valence-electron chi connectivity index (χ2n) is 4.70. The Hall–Kier alpha value is -1.23. The topological polar surface area (TPSA) is 54.0 Å². The molecule has 0 bridgehead atoms. The van der Waals surface area contributed by atoms with Gasteiger partial charge in [-0.15, -0.1) is 0 Å². The van der Waals surface area contributed by atoms with E-state index in [0.717, 1.165) is 25.3 Å². The minimum atomic E-state index is -0.0259. The number of rotatable bonds is 6. The van der Waals surface area contributed by atoms with Crippen molar-refractivity contribution in [3.63, 3.8) is 0 Å². The van der Waals surface area contributed by atoms with Crippen LogP contribution in [0.15, 0.2) is 18.3 Å². The van der Waals surface area contributed by atoms with E-state index in [2.05, 4.69) is 22.5 Å². The molecule has 1 unspecified atom stereocenters. The van der Waals surface area contributed by atoms with Gasteiger partial charge < -0.3 is 10.6 Å². The van der Waals surface area contributed by atoms with E-state index >= 15 is 0 Å². The third-order valence-corrected chi connectivity index (χ3v) is 4.49. The first-order chi connectivity index (χ1) is 9.29. The normalized spacial score (nSPS) is 18.3. The summed E-state index contributed by atoms with van der Waals surface area (Å²) in [5.74, 6) is 2.02. The molecule has 1 aromatic heterocycles. The molecule has 2 heterocycles. The largest absolute Gasteiger partial charge is 0.370 e. The van der Waals surface area contributed by atoms with Crippen molar-refractivity contribution in [1.29, 1.82) is 0 Å². The van der Waals surface area contributed by atoms with Gasteiger partial charge in [0.15, 0.2) is 0 Å². The summed E-state index contributed by atoms with van der Waals surface area (Å²) in [6.07, 6.45) is 5.17. The smallest absolute Gasteiger partial charge is 0.252 e. The van der Waals surface area contributed by atoms with Crippen LogP contribution in [-0.2, 0) is 0 Å². The fourth-order valence-electron chi connectivity index (χ4n) is 2.00. The van der Waals surface area contributed by atoms with Crippen molar-refractivity contribution >= 4 is 23.5 Å². The van der Waals surface area contributed by atoms with Crippen molar-refractivity contribution in [3.8, 4) is 0 Å². The van der Waals surface area contributed by atoms with Gasteiger partial charge in [0.1, 0.15) is 5.82 Å². The Labute approximate surface area is 118 Å². The minimum Gasteiger partial charge on any atom is -0.370 e. The van der Waals surface area contributed by atoms with Gasteiger partial charge in [0.05, 0.1) is 5.56 Å². The molecule has 1 atom stereocenters. The predicted octanol–water partition coefficient (Wildman–Crippen LogP) is 2.53. The van der Waals surface area contributed by atoms with E-state index in [1.807, 2.05) is 23.9 Å². The van der Waals surface area contributed by atoms with Crippen LogP contribution in [0.25, 0.3) is 0 Å². The number of carbonyl (C=O) groups excluding carboxylic acids is 1. The van der Waals surface area contributed by atoms with Crippen molar-refractivity contribution in [3.05, 3.63) is 23.9 Å². The third-order valence-electron chi connectivity index (χ3n) is 3.10. The maximum Gasteiger partial charge on any atom is 0.252 e. The number of pyridine rings is 1. The number of hydrogen-bond acceptors (Lipinski definition) is 4. The summed E-state index contributed by atoms with van der Waals surface area (Å²) >= 11 is 1.95. The fourth-order valence-corrected chi connectivity index (χ4v) is 3.20. The summed E-state index contributed by atoms with van der Waals surface area (Å²) in [7, 11) is 0. The second kappa shape index (κ2) is 7.38. The maximum absolute atomic E-state index is 11.9. The summed E-state index contributed by atoms with van der Waals surface area (Å²) < 4.78 is 0. The number of amides is 1. The van der Waals surface area contributed by atoms with Gasteiger partial charge in [-0.3, -0.25) is 4.79 Å². The highest BCUT2D eigenvalue weighted by atomic mass is 32.2. The predicted molar refractivity (Wildman–Crippen MR) is 80.8 cm³/mol.